The van der Waals surface area contributed by atoms with Crippen LogP contribution in [0.5, 0.6) is 0 Å². The molecule has 0 fully saturated rings. The molecule has 0 atom stereocenters. The Labute approximate surface area is 106 Å². The minimum Gasteiger partial charge on any atom is -0.480 e. The summed E-state index contributed by atoms with van der Waals surface area (Å²) in [5.41, 5.74) is 1.81. The lowest BCUT2D eigenvalue weighted by Crippen LogP contribution is -2.20. The van der Waals surface area contributed by atoms with Crippen molar-refractivity contribution in [3.63, 3.8) is 0 Å². The summed E-state index contributed by atoms with van der Waals surface area (Å²) < 4.78 is 4.70. The van der Waals surface area contributed by atoms with Crippen molar-refractivity contribution in [2.24, 2.45) is 0 Å². The fourth-order valence-electron chi connectivity index (χ4n) is 1.40. The highest BCUT2D eigenvalue weighted by Gasteiger charge is 2.06. The molecule has 1 rings (SSSR count). The minimum absolute atomic E-state index is 0.266. The molecule has 1 amide bonds. The van der Waals surface area contributed by atoms with E-state index in [2.05, 4.69) is 19.2 Å². The van der Waals surface area contributed by atoms with Gasteiger partial charge in [0.15, 0.2) is 0 Å². The molecule has 0 aromatic heterocycles. The fourth-order valence-corrected chi connectivity index (χ4v) is 1.40. The minimum atomic E-state index is -1.09. The first-order valence-electron chi connectivity index (χ1n) is 5.68. The number of carboxylic acid groups (broad SMARTS) is 1. The van der Waals surface area contributed by atoms with Crippen LogP contribution in [0, 0.1) is 0 Å². The van der Waals surface area contributed by atoms with Crippen LogP contribution in [-0.4, -0.2) is 30.2 Å². The fraction of sp³-hybridized carbons (Fsp3) is 0.385. The highest BCUT2D eigenvalue weighted by Crippen LogP contribution is 2.18. The van der Waals surface area contributed by atoms with E-state index in [4.69, 9.17) is 9.84 Å². The van der Waals surface area contributed by atoms with Crippen molar-refractivity contribution in [3.05, 3.63) is 29.8 Å². The summed E-state index contributed by atoms with van der Waals surface area (Å²) in [6.07, 6.45) is 0. The first-order chi connectivity index (χ1) is 8.49. The van der Waals surface area contributed by atoms with E-state index in [-0.39, 0.29) is 12.5 Å². The largest absolute Gasteiger partial charge is 0.480 e. The number of anilines is 1. The Kier molecular flexibility index (Phi) is 5.32. The third kappa shape index (κ3) is 4.97. The Bertz CT molecular complexity index is 429. The van der Waals surface area contributed by atoms with E-state index >= 15 is 0 Å². The molecule has 0 spiro atoms. The molecule has 5 heteroatoms. The predicted molar refractivity (Wildman–Crippen MR) is 67.6 cm³/mol. The maximum atomic E-state index is 11.4. The zero-order valence-corrected chi connectivity index (χ0v) is 10.5. The van der Waals surface area contributed by atoms with Crippen molar-refractivity contribution >= 4 is 17.6 Å². The molecule has 1 aromatic carbocycles. The number of hydrogen-bond acceptors (Lipinski definition) is 3. The molecule has 0 unspecified atom stereocenters. The van der Waals surface area contributed by atoms with E-state index < -0.39 is 12.6 Å². The molecule has 0 bridgehead atoms. The van der Waals surface area contributed by atoms with Gasteiger partial charge < -0.3 is 15.2 Å². The highest BCUT2D eigenvalue weighted by molar-refractivity contribution is 5.91. The van der Waals surface area contributed by atoms with Gasteiger partial charge in [0.1, 0.15) is 13.2 Å². The quantitative estimate of drug-likeness (QED) is 0.809. The van der Waals surface area contributed by atoms with Gasteiger partial charge in [0, 0.05) is 5.69 Å². The van der Waals surface area contributed by atoms with Gasteiger partial charge in [0.25, 0.3) is 0 Å². The third-order valence-corrected chi connectivity index (χ3v) is 2.30. The van der Waals surface area contributed by atoms with E-state index in [9.17, 15) is 9.59 Å². The smallest absolute Gasteiger partial charge is 0.329 e. The molecule has 0 radical (unpaired) electrons. The van der Waals surface area contributed by atoms with Gasteiger partial charge in [0.2, 0.25) is 5.91 Å². The van der Waals surface area contributed by atoms with Crippen LogP contribution >= 0.6 is 0 Å². The molecule has 18 heavy (non-hydrogen) atoms. The average Bonchev–Trinajstić information content (AvgIpc) is 2.28. The van der Waals surface area contributed by atoms with Crippen LogP contribution in [0.3, 0.4) is 0 Å². The summed E-state index contributed by atoms with van der Waals surface area (Å²) in [6, 6.07) is 7.52. The normalized spacial score (nSPS) is 10.4. The molecule has 0 saturated carbocycles. The molecule has 98 valence electrons. The number of nitrogens with one attached hydrogen (secondary N) is 1. The molecule has 0 heterocycles. The van der Waals surface area contributed by atoms with Crippen LogP contribution in [0.15, 0.2) is 24.3 Å². The summed E-state index contributed by atoms with van der Waals surface area (Å²) in [5.74, 6) is -1.08. The Morgan fingerprint density at radius 3 is 2.67 bits per heavy atom. The van der Waals surface area contributed by atoms with Crippen molar-refractivity contribution < 1.29 is 19.4 Å². The lowest BCUT2D eigenvalue weighted by atomic mass is 10.0. The molecular formula is C13H17NO4. The first kappa shape index (κ1) is 14.2. The van der Waals surface area contributed by atoms with Gasteiger partial charge in [-0.3, -0.25) is 4.79 Å². The maximum absolute atomic E-state index is 11.4. The van der Waals surface area contributed by atoms with Gasteiger partial charge in [-0.15, -0.1) is 0 Å². The van der Waals surface area contributed by atoms with Crippen molar-refractivity contribution in [2.45, 2.75) is 19.8 Å². The number of amides is 1. The monoisotopic (exact) mass is 251 g/mol. The van der Waals surface area contributed by atoms with E-state index in [1.54, 1.807) is 6.07 Å². The van der Waals surface area contributed by atoms with Gasteiger partial charge in [-0.25, -0.2) is 4.79 Å². The second-order valence-electron chi connectivity index (χ2n) is 4.21. The van der Waals surface area contributed by atoms with Gasteiger partial charge in [0.05, 0.1) is 0 Å². The van der Waals surface area contributed by atoms with Gasteiger partial charge in [-0.2, -0.15) is 0 Å². The molecule has 0 aliphatic carbocycles. The Hall–Kier alpha value is -1.88. The SMILES string of the molecule is CC(C)c1cccc(NC(=O)COCC(=O)O)c1. The number of aliphatic carboxylic acids is 1. The Morgan fingerprint density at radius 2 is 2.06 bits per heavy atom. The number of rotatable bonds is 6. The lowest BCUT2D eigenvalue weighted by Gasteiger charge is -2.09. The standard InChI is InChI=1S/C13H17NO4/c1-9(2)10-4-3-5-11(6-10)14-12(15)7-18-8-13(16)17/h3-6,9H,7-8H2,1-2H3,(H,14,15)(H,16,17). The summed E-state index contributed by atoms with van der Waals surface area (Å²) in [4.78, 5) is 21.6. The van der Waals surface area contributed by atoms with Crippen LogP contribution in [0.4, 0.5) is 5.69 Å². The van der Waals surface area contributed by atoms with E-state index in [1.165, 1.54) is 0 Å². The van der Waals surface area contributed by atoms with Crippen LogP contribution < -0.4 is 5.32 Å². The topological polar surface area (TPSA) is 75.6 Å². The molecule has 5 nitrogen and oxygen atoms in total. The Balaban J connectivity index is 2.49. The van der Waals surface area contributed by atoms with Gasteiger partial charge in [-0.1, -0.05) is 26.0 Å². The number of benzene rings is 1. The number of carboxylic acids is 1. The first-order valence-corrected chi connectivity index (χ1v) is 5.68. The third-order valence-electron chi connectivity index (χ3n) is 2.30. The molecular weight excluding hydrogens is 234 g/mol. The molecule has 0 saturated heterocycles. The molecule has 0 aliphatic rings. The second-order valence-corrected chi connectivity index (χ2v) is 4.21. The number of hydrogen-bond donors (Lipinski definition) is 2. The summed E-state index contributed by atoms with van der Waals surface area (Å²) in [5, 5.41) is 11.0. The molecule has 1 aromatic rings. The van der Waals surface area contributed by atoms with Crippen molar-refractivity contribution in [3.8, 4) is 0 Å². The molecule has 0 aliphatic heterocycles. The van der Waals surface area contributed by atoms with E-state index in [0.717, 1.165) is 5.56 Å². The highest BCUT2D eigenvalue weighted by atomic mass is 16.5. The zero-order chi connectivity index (χ0) is 13.5. The van der Waals surface area contributed by atoms with Crippen molar-refractivity contribution in [2.75, 3.05) is 18.5 Å². The Morgan fingerprint density at radius 1 is 1.33 bits per heavy atom. The average molecular weight is 251 g/mol. The predicted octanol–water partition coefficient (Wildman–Crippen LogP) is 1.85. The summed E-state index contributed by atoms with van der Waals surface area (Å²) in [6.45, 7) is 3.39. The lowest BCUT2D eigenvalue weighted by molar-refractivity contribution is -0.143. The van der Waals surface area contributed by atoms with Crippen LogP contribution in [0.2, 0.25) is 0 Å². The van der Waals surface area contributed by atoms with Crippen molar-refractivity contribution in [1.82, 2.24) is 0 Å². The second kappa shape index (κ2) is 6.76. The van der Waals surface area contributed by atoms with Crippen LogP contribution in [0.1, 0.15) is 25.3 Å². The van der Waals surface area contributed by atoms with Crippen LogP contribution in [0.25, 0.3) is 0 Å². The van der Waals surface area contributed by atoms with E-state index in [0.29, 0.717) is 11.6 Å². The van der Waals surface area contributed by atoms with Crippen molar-refractivity contribution in [1.29, 1.82) is 0 Å². The number of carbonyl (C=O) groups is 2. The maximum Gasteiger partial charge on any atom is 0.329 e. The number of ether oxygens (including phenoxy) is 1. The summed E-state index contributed by atoms with van der Waals surface area (Å²) >= 11 is 0. The number of carbonyl (C=O) groups excluding carboxylic acids is 1. The van der Waals surface area contributed by atoms with Crippen LogP contribution in [-0.2, 0) is 14.3 Å². The molecule has 2 N–H and O–H groups in total. The van der Waals surface area contributed by atoms with E-state index in [1.807, 2.05) is 18.2 Å². The van der Waals surface area contributed by atoms with Gasteiger partial charge >= 0.3 is 5.97 Å². The van der Waals surface area contributed by atoms with Gasteiger partial charge in [-0.05, 0) is 23.6 Å². The zero-order valence-electron chi connectivity index (χ0n) is 10.5. The summed E-state index contributed by atoms with van der Waals surface area (Å²) in [7, 11) is 0.